The van der Waals surface area contributed by atoms with Gasteiger partial charge in [0.2, 0.25) is 10.0 Å². The molecule has 0 aliphatic rings. The Balaban J connectivity index is 3.09. The predicted octanol–water partition coefficient (Wildman–Crippen LogP) is -1.55. The van der Waals surface area contributed by atoms with Gasteiger partial charge in [-0.2, -0.15) is 0 Å². The highest BCUT2D eigenvalue weighted by atomic mass is 32.2. The second-order valence-corrected chi connectivity index (χ2v) is 5.32. The third kappa shape index (κ3) is 3.27. The lowest BCUT2D eigenvalue weighted by molar-refractivity contribution is 0.425. The van der Waals surface area contributed by atoms with Crippen molar-refractivity contribution in [2.75, 3.05) is 0 Å². The first kappa shape index (κ1) is 13.1. The molecule has 1 rings (SSSR count). The summed E-state index contributed by atoms with van der Waals surface area (Å²) in [6.45, 7) is 3.38. The van der Waals surface area contributed by atoms with Crippen molar-refractivity contribution < 1.29 is 18.5 Å². The Morgan fingerprint density at radius 1 is 1.38 bits per heavy atom. The molecule has 0 amide bonds. The zero-order valence-electron chi connectivity index (χ0n) is 8.95. The highest BCUT2D eigenvalue weighted by Crippen LogP contribution is 2.05. The maximum atomic E-state index is 11.7. The van der Waals surface area contributed by atoms with E-state index < -0.39 is 17.1 Å². The average molecular weight is 244 g/mol. The number of nitrogens with zero attached hydrogens (tertiary/aromatic N) is 1. The van der Waals surface area contributed by atoms with E-state index >= 15 is 0 Å². The Hall–Kier alpha value is -0.955. The normalized spacial score (nSPS) is 11.8. The number of pyridine rings is 1. The van der Waals surface area contributed by atoms with Gasteiger partial charge in [-0.05, 0) is 19.9 Å². The van der Waals surface area contributed by atoms with E-state index in [0.29, 0.717) is 0 Å². The molecule has 1 aromatic rings. The third-order valence-electron chi connectivity index (χ3n) is 1.73. The van der Waals surface area contributed by atoms with Crippen molar-refractivity contribution in [1.29, 1.82) is 0 Å². The molecule has 0 unspecified atom stereocenters. The van der Waals surface area contributed by atoms with Crippen LogP contribution in [-0.4, -0.2) is 36.6 Å². The summed E-state index contributed by atoms with van der Waals surface area (Å²) in [4.78, 5) is 3.55. The van der Waals surface area contributed by atoms with Crippen LogP contribution in [0.4, 0.5) is 0 Å². The average Bonchev–Trinajstić information content (AvgIpc) is 2.16. The van der Waals surface area contributed by atoms with E-state index in [0.717, 1.165) is 6.20 Å². The Labute approximate surface area is 94.5 Å². The minimum Gasteiger partial charge on any atom is -0.423 e. The van der Waals surface area contributed by atoms with Crippen LogP contribution in [0.15, 0.2) is 23.4 Å². The van der Waals surface area contributed by atoms with Gasteiger partial charge < -0.3 is 10.0 Å². The second-order valence-electron chi connectivity index (χ2n) is 3.60. The molecular formula is C8H13BN2O4S. The lowest BCUT2D eigenvalue weighted by Crippen LogP contribution is -2.34. The fourth-order valence-electron chi connectivity index (χ4n) is 1.10. The van der Waals surface area contributed by atoms with Gasteiger partial charge in [0.1, 0.15) is 0 Å². The molecule has 0 bridgehead atoms. The molecule has 88 valence electrons. The van der Waals surface area contributed by atoms with Crippen LogP contribution in [-0.2, 0) is 10.0 Å². The van der Waals surface area contributed by atoms with E-state index in [2.05, 4.69) is 9.71 Å². The van der Waals surface area contributed by atoms with Crippen LogP contribution >= 0.6 is 0 Å². The minimum absolute atomic E-state index is 0.0339. The fraction of sp³-hybridized carbons (Fsp3) is 0.375. The van der Waals surface area contributed by atoms with Crippen LogP contribution in [0.25, 0.3) is 0 Å². The first-order valence-corrected chi connectivity index (χ1v) is 6.14. The first-order chi connectivity index (χ1) is 7.33. The molecule has 0 fully saturated rings. The standard InChI is InChI=1S/C8H13BN2O4S/c1-6(2)11-16(14,15)8-3-7(9(12)13)4-10-5-8/h3-6,11-13H,1-2H3. The SMILES string of the molecule is CC(C)NS(=O)(=O)c1cncc(B(O)O)c1. The van der Waals surface area contributed by atoms with E-state index in [1.165, 1.54) is 12.3 Å². The molecular weight excluding hydrogens is 231 g/mol. The quantitative estimate of drug-likeness (QED) is 0.557. The van der Waals surface area contributed by atoms with Crippen LogP contribution in [0, 0.1) is 0 Å². The summed E-state index contributed by atoms with van der Waals surface area (Å²) in [7, 11) is -5.38. The van der Waals surface area contributed by atoms with Gasteiger partial charge in [0, 0.05) is 23.9 Å². The van der Waals surface area contributed by atoms with Gasteiger partial charge in [0.15, 0.2) is 0 Å². The number of sulfonamides is 1. The predicted molar refractivity (Wildman–Crippen MR) is 59.5 cm³/mol. The summed E-state index contributed by atoms with van der Waals surface area (Å²) in [5, 5.41) is 17.8. The monoisotopic (exact) mass is 244 g/mol. The Morgan fingerprint density at radius 3 is 2.50 bits per heavy atom. The van der Waals surface area contributed by atoms with Gasteiger partial charge in [0.05, 0.1) is 4.90 Å². The van der Waals surface area contributed by atoms with E-state index in [9.17, 15) is 8.42 Å². The van der Waals surface area contributed by atoms with Crippen LogP contribution < -0.4 is 10.2 Å². The van der Waals surface area contributed by atoms with Crippen molar-refractivity contribution in [3.05, 3.63) is 18.5 Å². The summed E-state index contributed by atoms with van der Waals surface area (Å²) in [6, 6.07) is 0.926. The number of aromatic nitrogens is 1. The van der Waals surface area contributed by atoms with Crippen molar-refractivity contribution >= 4 is 22.6 Å². The first-order valence-electron chi connectivity index (χ1n) is 4.66. The Kier molecular flexibility index (Phi) is 4.03. The molecule has 0 aliphatic heterocycles. The third-order valence-corrected chi connectivity index (χ3v) is 3.36. The number of hydrogen-bond donors (Lipinski definition) is 3. The van der Waals surface area contributed by atoms with Gasteiger partial charge >= 0.3 is 7.12 Å². The topological polar surface area (TPSA) is 99.5 Å². The molecule has 1 heterocycles. The largest absolute Gasteiger partial charge is 0.490 e. The molecule has 0 saturated heterocycles. The van der Waals surface area contributed by atoms with Gasteiger partial charge in [0.25, 0.3) is 0 Å². The van der Waals surface area contributed by atoms with Crippen LogP contribution in [0.1, 0.15) is 13.8 Å². The van der Waals surface area contributed by atoms with Gasteiger partial charge in [-0.1, -0.05) is 0 Å². The molecule has 0 spiro atoms. The second kappa shape index (κ2) is 4.92. The van der Waals surface area contributed by atoms with Crippen molar-refractivity contribution in [2.24, 2.45) is 0 Å². The number of hydrogen-bond acceptors (Lipinski definition) is 5. The van der Waals surface area contributed by atoms with Gasteiger partial charge in [-0.25, -0.2) is 13.1 Å². The molecule has 3 N–H and O–H groups in total. The Bertz CT molecular complexity index is 461. The molecule has 8 heteroatoms. The molecule has 0 atom stereocenters. The van der Waals surface area contributed by atoms with E-state index in [-0.39, 0.29) is 16.4 Å². The molecule has 0 aromatic carbocycles. The van der Waals surface area contributed by atoms with Crippen LogP contribution in [0.3, 0.4) is 0 Å². The van der Waals surface area contributed by atoms with Crippen molar-refractivity contribution in [3.8, 4) is 0 Å². The molecule has 0 aliphatic carbocycles. The van der Waals surface area contributed by atoms with Crippen molar-refractivity contribution in [3.63, 3.8) is 0 Å². The van der Waals surface area contributed by atoms with Gasteiger partial charge in [-0.15, -0.1) is 0 Å². The van der Waals surface area contributed by atoms with Crippen molar-refractivity contribution in [2.45, 2.75) is 24.8 Å². The zero-order valence-corrected chi connectivity index (χ0v) is 9.77. The summed E-state index contributed by atoms with van der Waals surface area (Å²) in [5.41, 5.74) is 0.0339. The molecule has 16 heavy (non-hydrogen) atoms. The molecule has 0 radical (unpaired) electrons. The summed E-state index contributed by atoms with van der Waals surface area (Å²) >= 11 is 0. The summed E-state index contributed by atoms with van der Waals surface area (Å²) < 4.78 is 25.8. The van der Waals surface area contributed by atoms with E-state index in [1.54, 1.807) is 13.8 Å². The number of rotatable bonds is 4. The molecule has 0 saturated carbocycles. The maximum Gasteiger partial charge on any atom is 0.490 e. The lowest BCUT2D eigenvalue weighted by Gasteiger charge is -2.09. The van der Waals surface area contributed by atoms with Crippen LogP contribution in [0.5, 0.6) is 0 Å². The number of nitrogens with one attached hydrogen (secondary N) is 1. The summed E-state index contributed by atoms with van der Waals surface area (Å²) in [5.74, 6) is 0. The highest BCUT2D eigenvalue weighted by molar-refractivity contribution is 7.89. The minimum atomic E-state index is -3.65. The fourth-order valence-corrected chi connectivity index (χ4v) is 2.35. The van der Waals surface area contributed by atoms with Gasteiger partial charge in [-0.3, -0.25) is 4.98 Å². The lowest BCUT2D eigenvalue weighted by atomic mass is 9.82. The molecule has 6 nitrogen and oxygen atoms in total. The zero-order chi connectivity index (χ0) is 12.3. The Morgan fingerprint density at radius 2 is 2.00 bits per heavy atom. The molecule has 1 aromatic heterocycles. The van der Waals surface area contributed by atoms with Crippen LogP contribution in [0.2, 0.25) is 0 Å². The summed E-state index contributed by atoms with van der Waals surface area (Å²) in [6.07, 6.45) is 2.34. The maximum absolute atomic E-state index is 11.7. The smallest absolute Gasteiger partial charge is 0.423 e. The van der Waals surface area contributed by atoms with E-state index in [1.807, 2.05) is 0 Å². The van der Waals surface area contributed by atoms with E-state index in [4.69, 9.17) is 10.0 Å². The highest BCUT2D eigenvalue weighted by Gasteiger charge is 2.19. The van der Waals surface area contributed by atoms with Crippen molar-refractivity contribution in [1.82, 2.24) is 9.71 Å².